The molecular formula is C16H25N3O. The first-order valence-electron chi connectivity index (χ1n) is 7.42. The predicted octanol–water partition coefficient (Wildman–Crippen LogP) is 2.96. The third kappa shape index (κ3) is 3.58. The number of nitrogens with one attached hydrogen (secondary N) is 1. The van der Waals surface area contributed by atoms with Crippen molar-refractivity contribution in [1.29, 1.82) is 0 Å². The van der Waals surface area contributed by atoms with Crippen LogP contribution in [0.2, 0.25) is 0 Å². The molecule has 0 radical (unpaired) electrons. The average Bonchev–Trinajstić information content (AvgIpc) is 2.81. The minimum Gasteiger partial charge on any atom is -0.385 e. The Morgan fingerprint density at radius 2 is 2.15 bits per heavy atom. The van der Waals surface area contributed by atoms with Crippen LogP contribution in [0.3, 0.4) is 0 Å². The van der Waals surface area contributed by atoms with Crippen LogP contribution in [-0.4, -0.2) is 29.3 Å². The second-order valence-electron chi connectivity index (χ2n) is 5.23. The van der Waals surface area contributed by atoms with Gasteiger partial charge in [0, 0.05) is 26.3 Å². The van der Waals surface area contributed by atoms with Gasteiger partial charge in [-0.25, -0.2) is 4.98 Å². The molecule has 4 heteroatoms. The number of aryl methyl sites for hydroxylation is 1. The molecule has 1 atom stereocenters. The third-order valence-electron chi connectivity index (χ3n) is 3.54. The van der Waals surface area contributed by atoms with Crippen molar-refractivity contribution in [2.45, 2.75) is 45.8 Å². The Balaban J connectivity index is 2.10. The lowest BCUT2D eigenvalue weighted by Gasteiger charge is -2.14. The van der Waals surface area contributed by atoms with Gasteiger partial charge in [-0.3, -0.25) is 0 Å². The van der Waals surface area contributed by atoms with Gasteiger partial charge in [0.15, 0.2) is 0 Å². The molecule has 0 aliphatic carbocycles. The molecule has 1 N–H and O–H groups in total. The summed E-state index contributed by atoms with van der Waals surface area (Å²) in [5.74, 6) is 1.12. The van der Waals surface area contributed by atoms with Crippen LogP contribution >= 0.6 is 0 Å². The van der Waals surface area contributed by atoms with Crippen LogP contribution in [0.25, 0.3) is 11.0 Å². The van der Waals surface area contributed by atoms with Crippen LogP contribution in [-0.2, 0) is 17.8 Å². The molecule has 2 rings (SSSR count). The molecule has 0 aliphatic rings. The maximum absolute atomic E-state index is 5.11. The summed E-state index contributed by atoms with van der Waals surface area (Å²) >= 11 is 0. The van der Waals surface area contributed by atoms with E-state index < -0.39 is 0 Å². The van der Waals surface area contributed by atoms with E-state index in [1.807, 2.05) is 6.07 Å². The second kappa shape index (κ2) is 7.41. The zero-order valence-electron chi connectivity index (χ0n) is 12.7. The van der Waals surface area contributed by atoms with Crippen molar-refractivity contribution < 1.29 is 4.74 Å². The van der Waals surface area contributed by atoms with E-state index in [4.69, 9.17) is 9.72 Å². The number of methoxy groups -OCH3 is 1. The number of imidazole rings is 1. The highest BCUT2D eigenvalue weighted by molar-refractivity contribution is 5.75. The van der Waals surface area contributed by atoms with E-state index in [-0.39, 0.29) is 0 Å². The molecule has 1 unspecified atom stereocenters. The zero-order chi connectivity index (χ0) is 14.4. The minimum atomic E-state index is 0.435. The molecule has 0 saturated carbocycles. The van der Waals surface area contributed by atoms with Gasteiger partial charge in [-0.15, -0.1) is 0 Å². The molecular weight excluding hydrogens is 250 g/mol. The number of fused-ring (bicyclic) bond motifs is 1. The first-order valence-corrected chi connectivity index (χ1v) is 7.42. The van der Waals surface area contributed by atoms with E-state index >= 15 is 0 Å². The maximum Gasteiger partial charge on any atom is 0.123 e. The smallest absolute Gasteiger partial charge is 0.123 e. The van der Waals surface area contributed by atoms with Crippen molar-refractivity contribution in [3.8, 4) is 0 Å². The molecule has 0 saturated heterocycles. The molecule has 1 aromatic carbocycles. The fraction of sp³-hybridized carbons (Fsp3) is 0.562. The quantitative estimate of drug-likeness (QED) is 0.805. The Morgan fingerprint density at radius 1 is 1.35 bits per heavy atom. The van der Waals surface area contributed by atoms with Crippen molar-refractivity contribution >= 4 is 11.0 Å². The van der Waals surface area contributed by atoms with E-state index in [1.54, 1.807) is 7.11 Å². The number of aromatic nitrogens is 2. The number of para-hydroxylation sites is 2. The molecule has 1 aromatic heterocycles. The monoisotopic (exact) mass is 275 g/mol. The van der Waals surface area contributed by atoms with Crippen LogP contribution in [0.4, 0.5) is 0 Å². The van der Waals surface area contributed by atoms with Gasteiger partial charge in [0.25, 0.3) is 0 Å². The summed E-state index contributed by atoms with van der Waals surface area (Å²) in [6.45, 7) is 7.00. The molecule has 110 valence electrons. The van der Waals surface area contributed by atoms with E-state index in [0.717, 1.165) is 43.9 Å². The van der Waals surface area contributed by atoms with E-state index in [9.17, 15) is 0 Å². The summed E-state index contributed by atoms with van der Waals surface area (Å²) in [6, 6.07) is 8.79. The summed E-state index contributed by atoms with van der Waals surface area (Å²) < 4.78 is 7.44. The lowest BCUT2D eigenvalue weighted by atomic mass is 10.2. The third-order valence-corrected chi connectivity index (χ3v) is 3.54. The number of nitrogens with zero attached hydrogens (tertiary/aromatic N) is 2. The van der Waals surface area contributed by atoms with Gasteiger partial charge in [0.05, 0.1) is 17.6 Å². The summed E-state index contributed by atoms with van der Waals surface area (Å²) in [6.07, 6.45) is 2.14. The molecule has 0 fully saturated rings. The lowest BCUT2D eigenvalue weighted by Crippen LogP contribution is -2.28. The summed E-state index contributed by atoms with van der Waals surface area (Å²) in [5, 5.41) is 3.53. The molecule has 0 aliphatic heterocycles. The maximum atomic E-state index is 5.11. The van der Waals surface area contributed by atoms with Crippen LogP contribution in [0.15, 0.2) is 24.3 Å². The molecule has 4 nitrogen and oxygen atoms in total. The largest absolute Gasteiger partial charge is 0.385 e. The first-order chi connectivity index (χ1) is 9.76. The predicted molar refractivity (Wildman–Crippen MR) is 82.8 cm³/mol. The van der Waals surface area contributed by atoms with Gasteiger partial charge in [-0.1, -0.05) is 19.1 Å². The Morgan fingerprint density at radius 3 is 2.90 bits per heavy atom. The Kier molecular flexibility index (Phi) is 5.56. The molecule has 20 heavy (non-hydrogen) atoms. The van der Waals surface area contributed by atoms with Crippen LogP contribution < -0.4 is 5.32 Å². The Bertz CT molecular complexity index is 536. The number of hydrogen-bond donors (Lipinski definition) is 1. The molecule has 1 heterocycles. The Hall–Kier alpha value is -1.39. The summed E-state index contributed by atoms with van der Waals surface area (Å²) in [7, 11) is 1.74. The highest BCUT2D eigenvalue weighted by Gasteiger charge is 2.10. The van der Waals surface area contributed by atoms with Crippen molar-refractivity contribution in [2.24, 2.45) is 0 Å². The van der Waals surface area contributed by atoms with Gasteiger partial charge < -0.3 is 14.6 Å². The van der Waals surface area contributed by atoms with Crippen molar-refractivity contribution in [2.75, 3.05) is 13.7 Å². The van der Waals surface area contributed by atoms with Crippen molar-refractivity contribution in [3.05, 3.63) is 30.1 Å². The highest BCUT2D eigenvalue weighted by Crippen LogP contribution is 2.16. The van der Waals surface area contributed by atoms with E-state index in [1.165, 1.54) is 5.52 Å². The summed E-state index contributed by atoms with van der Waals surface area (Å²) in [5.41, 5.74) is 2.32. The summed E-state index contributed by atoms with van der Waals surface area (Å²) in [4.78, 5) is 4.75. The number of benzene rings is 1. The van der Waals surface area contributed by atoms with Gasteiger partial charge in [-0.05, 0) is 31.9 Å². The minimum absolute atomic E-state index is 0.435. The van der Waals surface area contributed by atoms with E-state index in [2.05, 4.69) is 41.9 Å². The highest BCUT2D eigenvalue weighted by atomic mass is 16.5. The Labute approximate surface area is 121 Å². The molecule has 0 bridgehead atoms. The fourth-order valence-electron chi connectivity index (χ4n) is 2.40. The zero-order valence-corrected chi connectivity index (χ0v) is 12.7. The normalized spacial score (nSPS) is 12.9. The van der Waals surface area contributed by atoms with Crippen LogP contribution in [0.5, 0.6) is 0 Å². The molecule has 0 spiro atoms. The van der Waals surface area contributed by atoms with Gasteiger partial charge in [0.2, 0.25) is 0 Å². The topological polar surface area (TPSA) is 39.1 Å². The number of rotatable bonds is 8. The fourth-order valence-corrected chi connectivity index (χ4v) is 2.40. The second-order valence-corrected chi connectivity index (χ2v) is 5.23. The number of ether oxygens (including phenoxy) is 1. The van der Waals surface area contributed by atoms with Crippen LogP contribution in [0, 0.1) is 0 Å². The van der Waals surface area contributed by atoms with Gasteiger partial charge in [-0.2, -0.15) is 0 Å². The van der Waals surface area contributed by atoms with Gasteiger partial charge >= 0.3 is 0 Å². The first kappa shape index (κ1) is 15.0. The lowest BCUT2D eigenvalue weighted by molar-refractivity contribution is 0.184. The van der Waals surface area contributed by atoms with Crippen LogP contribution in [0.1, 0.15) is 32.5 Å². The van der Waals surface area contributed by atoms with E-state index in [0.29, 0.717) is 6.04 Å². The van der Waals surface area contributed by atoms with Crippen molar-refractivity contribution in [1.82, 2.24) is 14.9 Å². The van der Waals surface area contributed by atoms with Gasteiger partial charge in [0.1, 0.15) is 5.82 Å². The number of hydrogen-bond acceptors (Lipinski definition) is 3. The molecule has 0 amide bonds. The SMILES string of the molecule is CCCn1c(CNC(C)CCOC)nc2ccccc21. The molecule has 2 aromatic rings. The van der Waals surface area contributed by atoms with Crippen molar-refractivity contribution in [3.63, 3.8) is 0 Å². The average molecular weight is 275 g/mol. The standard InChI is InChI=1S/C16H25N3O/c1-4-10-19-15-8-6-5-7-14(15)18-16(19)12-17-13(2)9-11-20-3/h5-8,13,17H,4,9-12H2,1-3H3.